The van der Waals surface area contributed by atoms with Crippen molar-refractivity contribution in [1.29, 1.82) is 0 Å². The maximum Gasteiger partial charge on any atom is 0.0382 e. The van der Waals surface area contributed by atoms with Crippen LogP contribution in [0.4, 0.5) is 0 Å². The molecule has 0 bridgehead atoms. The molecule has 0 unspecified atom stereocenters. The number of likely N-dealkylation sites (N-methyl/N-ethyl adjacent to an activating group) is 2. The number of aromatic nitrogens is 1. The molecule has 4 heteroatoms. The van der Waals surface area contributed by atoms with Crippen molar-refractivity contribution in [1.82, 2.24) is 15.2 Å². The standard InChI is InChI=1S/C10H18BrN3/c1-3-12-4-5-14(2)8-10-6-9(11)7-13-10/h6-7,12-13H,3-5,8H2,1-2H3. The summed E-state index contributed by atoms with van der Waals surface area (Å²) >= 11 is 3.42. The topological polar surface area (TPSA) is 31.1 Å². The third-order valence-corrected chi connectivity index (χ3v) is 2.53. The fraction of sp³-hybridized carbons (Fsp3) is 0.600. The average Bonchev–Trinajstić information content (AvgIpc) is 2.52. The average molecular weight is 260 g/mol. The first kappa shape index (κ1) is 11.8. The van der Waals surface area contributed by atoms with E-state index in [4.69, 9.17) is 0 Å². The van der Waals surface area contributed by atoms with Gasteiger partial charge in [0.2, 0.25) is 0 Å². The molecule has 0 amide bonds. The SMILES string of the molecule is CCNCCN(C)Cc1cc(Br)c[nH]1. The third-order valence-electron chi connectivity index (χ3n) is 2.07. The van der Waals surface area contributed by atoms with E-state index in [1.165, 1.54) is 5.69 Å². The molecule has 0 saturated carbocycles. The molecular weight excluding hydrogens is 242 g/mol. The molecule has 0 fully saturated rings. The second-order valence-corrected chi connectivity index (χ2v) is 4.35. The zero-order chi connectivity index (χ0) is 10.4. The van der Waals surface area contributed by atoms with Gasteiger partial charge >= 0.3 is 0 Å². The number of H-pyrrole nitrogens is 1. The van der Waals surface area contributed by atoms with Gasteiger partial charge in [0, 0.05) is 36.0 Å². The summed E-state index contributed by atoms with van der Waals surface area (Å²) in [5.74, 6) is 0. The number of halogens is 1. The van der Waals surface area contributed by atoms with Gasteiger partial charge in [0.1, 0.15) is 0 Å². The lowest BCUT2D eigenvalue weighted by Crippen LogP contribution is -2.28. The van der Waals surface area contributed by atoms with Crippen LogP contribution in [0.25, 0.3) is 0 Å². The molecule has 14 heavy (non-hydrogen) atoms. The Kier molecular flexibility index (Phi) is 5.22. The summed E-state index contributed by atoms with van der Waals surface area (Å²) in [6, 6.07) is 2.11. The van der Waals surface area contributed by atoms with Crippen molar-refractivity contribution in [3.8, 4) is 0 Å². The van der Waals surface area contributed by atoms with E-state index >= 15 is 0 Å². The number of aromatic amines is 1. The van der Waals surface area contributed by atoms with Crippen molar-refractivity contribution >= 4 is 15.9 Å². The molecule has 0 atom stereocenters. The van der Waals surface area contributed by atoms with E-state index < -0.39 is 0 Å². The molecule has 0 aliphatic heterocycles. The summed E-state index contributed by atoms with van der Waals surface area (Å²) in [6.45, 7) is 6.26. The molecule has 2 N–H and O–H groups in total. The van der Waals surface area contributed by atoms with Crippen molar-refractivity contribution in [2.45, 2.75) is 13.5 Å². The molecule has 0 saturated heterocycles. The quantitative estimate of drug-likeness (QED) is 0.764. The lowest BCUT2D eigenvalue weighted by molar-refractivity contribution is 0.322. The second-order valence-electron chi connectivity index (χ2n) is 3.43. The fourth-order valence-corrected chi connectivity index (χ4v) is 1.71. The first-order valence-corrected chi connectivity index (χ1v) is 5.73. The maximum atomic E-state index is 3.42. The molecule has 1 heterocycles. The van der Waals surface area contributed by atoms with E-state index in [0.29, 0.717) is 0 Å². The van der Waals surface area contributed by atoms with Crippen molar-refractivity contribution in [3.05, 3.63) is 22.4 Å². The molecule has 1 rings (SSSR count). The molecule has 0 aliphatic rings. The zero-order valence-electron chi connectivity index (χ0n) is 8.81. The number of hydrogen-bond donors (Lipinski definition) is 2. The third kappa shape index (κ3) is 4.26. The summed E-state index contributed by atoms with van der Waals surface area (Å²) in [7, 11) is 2.13. The van der Waals surface area contributed by atoms with Gasteiger partial charge in [0.25, 0.3) is 0 Å². The number of nitrogens with one attached hydrogen (secondary N) is 2. The lowest BCUT2D eigenvalue weighted by atomic mass is 10.4. The zero-order valence-corrected chi connectivity index (χ0v) is 10.4. The van der Waals surface area contributed by atoms with E-state index in [1.54, 1.807) is 0 Å². The van der Waals surface area contributed by atoms with Crippen LogP contribution in [-0.2, 0) is 6.54 Å². The summed E-state index contributed by atoms with van der Waals surface area (Å²) in [5, 5.41) is 3.31. The van der Waals surface area contributed by atoms with Gasteiger partial charge in [-0.05, 0) is 35.6 Å². The molecule has 3 nitrogen and oxygen atoms in total. The van der Waals surface area contributed by atoms with Crippen LogP contribution >= 0.6 is 15.9 Å². The molecule has 0 spiro atoms. The van der Waals surface area contributed by atoms with E-state index in [-0.39, 0.29) is 0 Å². The molecule has 0 aliphatic carbocycles. The Balaban J connectivity index is 2.23. The molecule has 1 aromatic rings. The summed E-state index contributed by atoms with van der Waals surface area (Å²) in [6.07, 6.45) is 1.97. The van der Waals surface area contributed by atoms with Crippen LogP contribution < -0.4 is 5.32 Å². The van der Waals surface area contributed by atoms with E-state index in [2.05, 4.69) is 51.2 Å². The highest BCUT2D eigenvalue weighted by molar-refractivity contribution is 9.10. The van der Waals surface area contributed by atoms with Crippen LogP contribution in [0, 0.1) is 0 Å². The van der Waals surface area contributed by atoms with Gasteiger partial charge in [0.05, 0.1) is 0 Å². The van der Waals surface area contributed by atoms with Gasteiger partial charge in [-0.25, -0.2) is 0 Å². The molecular formula is C10H18BrN3. The predicted molar refractivity (Wildman–Crippen MR) is 63.4 cm³/mol. The summed E-state index contributed by atoms with van der Waals surface area (Å²) in [4.78, 5) is 5.51. The van der Waals surface area contributed by atoms with Gasteiger partial charge in [-0.2, -0.15) is 0 Å². The first-order chi connectivity index (χ1) is 6.72. The maximum absolute atomic E-state index is 3.42. The van der Waals surface area contributed by atoms with Crippen molar-refractivity contribution < 1.29 is 0 Å². The minimum absolute atomic E-state index is 0.969. The van der Waals surface area contributed by atoms with Crippen molar-refractivity contribution in [2.75, 3.05) is 26.7 Å². The van der Waals surface area contributed by atoms with Gasteiger partial charge in [-0.1, -0.05) is 6.92 Å². The van der Waals surface area contributed by atoms with E-state index in [0.717, 1.165) is 30.7 Å². The van der Waals surface area contributed by atoms with Crippen LogP contribution in [0.3, 0.4) is 0 Å². The monoisotopic (exact) mass is 259 g/mol. The number of hydrogen-bond acceptors (Lipinski definition) is 2. The molecule has 1 aromatic heterocycles. The van der Waals surface area contributed by atoms with Crippen molar-refractivity contribution in [2.24, 2.45) is 0 Å². The van der Waals surface area contributed by atoms with Crippen LogP contribution in [0.15, 0.2) is 16.7 Å². The first-order valence-electron chi connectivity index (χ1n) is 4.94. The summed E-state index contributed by atoms with van der Waals surface area (Å²) in [5.41, 5.74) is 1.25. The van der Waals surface area contributed by atoms with Gasteiger partial charge < -0.3 is 10.3 Å². The Morgan fingerprint density at radius 3 is 2.93 bits per heavy atom. The van der Waals surface area contributed by atoms with E-state index in [1.807, 2.05) is 6.20 Å². The van der Waals surface area contributed by atoms with Crippen LogP contribution in [0.2, 0.25) is 0 Å². The van der Waals surface area contributed by atoms with Crippen LogP contribution in [0.5, 0.6) is 0 Å². The minimum atomic E-state index is 0.969. The van der Waals surface area contributed by atoms with E-state index in [9.17, 15) is 0 Å². The van der Waals surface area contributed by atoms with Crippen LogP contribution in [0.1, 0.15) is 12.6 Å². The van der Waals surface area contributed by atoms with Crippen molar-refractivity contribution in [3.63, 3.8) is 0 Å². The summed E-state index contributed by atoms with van der Waals surface area (Å²) < 4.78 is 1.12. The predicted octanol–water partition coefficient (Wildman–Crippen LogP) is 1.82. The highest BCUT2D eigenvalue weighted by Gasteiger charge is 2.01. The number of nitrogens with zero attached hydrogens (tertiary/aromatic N) is 1. The highest BCUT2D eigenvalue weighted by atomic mass is 79.9. The number of rotatable bonds is 6. The Hall–Kier alpha value is -0.320. The largest absolute Gasteiger partial charge is 0.363 e. The highest BCUT2D eigenvalue weighted by Crippen LogP contribution is 2.11. The molecule has 0 aromatic carbocycles. The lowest BCUT2D eigenvalue weighted by Gasteiger charge is -2.15. The van der Waals surface area contributed by atoms with Gasteiger partial charge in [-0.3, -0.25) is 4.90 Å². The Bertz CT molecular complexity index is 260. The second kappa shape index (κ2) is 6.22. The fourth-order valence-electron chi connectivity index (χ4n) is 1.32. The smallest absolute Gasteiger partial charge is 0.0382 e. The Morgan fingerprint density at radius 2 is 2.36 bits per heavy atom. The Morgan fingerprint density at radius 1 is 1.57 bits per heavy atom. The normalized spacial score (nSPS) is 11.1. The minimum Gasteiger partial charge on any atom is -0.363 e. The Labute approximate surface area is 94.0 Å². The van der Waals surface area contributed by atoms with Crippen LogP contribution in [-0.4, -0.2) is 36.6 Å². The van der Waals surface area contributed by atoms with Gasteiger partial charge in [-0.15, -0.1) is 0 Å². The molecule has 80 valence electrons. The van der Waals surface area contributed by atoms with Gasteiger partial charge in [0.15, 0.2) is 0 Å². The molecule has 0 radical (unpaired) electrons.